The molecule has 160 valence electrons. The van der Waals surface area contributed by atoms with E-state index in [-0.39, 0.29) is 18.6 Å². The lowest BCUT2D eigenvalue weighted by atomic mass is 10.2. The van der Waals surface area contributed by atoms with Gasteiger partial charge in [0.25, 0.3) is 5.91 Å². The minimum Gasteiger partial charge on any atom is -0.489 e. The summed E-state index contributed by atoms with van der Waals surface area (Å²) < 4.78 is 17.0. The van der Waals surface area contributed by atoms with E-state index >= 15 is 0 Å². The fraction of sp³-hybridized carbons (Fsp3) is 0.375. The second kappa shape index (κ2) is 8.41. The van der Waals surface area contributed by atoms with Gasteiger partial charge in [0.2, 0.25) is 11.7 Å². The van der Waals surface area contributed by atoms with Gasteiger partial charge in [-0.2, -0.15) is 4.98 Å². The summed E-state index contributed by atoms with van der Waals surface area (Å²) in [7, 11) is 0. The number of rotatable bonds is 7. The summed E-state index contributed by atoms with van der Waals surface area (Å²) in [5.41, 5.74) is 2.06. The molecule has 2 aromatic carbocycles. The second-order valence-electron chi connectivity index (χ2n) is 8.22. The van der Waals surface area contributed by atoms with Crippen molar-refractivity contribution in [2.45, 2.75) is 38.2 Å². The quantitative estimate of drug-likeness (QED) is 0.576. The Balaban J connectivity index is 1.11. The first-order valence-corrected chi connectivity index (χ1v) is 10.7. The Hall–Kier alpha value is -3.35. The van der Waals surface area contributed by atoms with E-state index in [1.807, 2.05) is 55.5 Å². The lowest BCUT2D eigenvalue weighted by Crippen LogP contribution is -2.34. The Morgan fingerprint density at radius 2 is 1.81 bits per heavy atom. The van der Waals surface area contributed by atoms with Gasteiger partial charge in [-0.05, 0) is 56.2 Å². The van der Waals surface area contributed by atoms with Crippen LogP contribution in [0.3, 0.4) is 0 Å². The van der Waals surface area contributed by atoms with Gasteiger partial charge in [-0.15, -0.1) is 0 Å². The van der Waals surface area contributed by atoms with Gasteiger partial charge < -0.3 is 18.9 Å². The maximum Gasteiger partial charge on any atom is 0.260 e. The van der Waals surface area contributed by atoms with Crippen molar-refractivity contribution in [1.29, 1.82) is 0 Å². The number of carbonyl (C=O) groups is 1. The zero-order valence-electron chi connectivity index (χ0n) is 17.5. The van der Waals surface area contributed by atoms with Crippen LogP contribution in [0.1, 0.15) is 36.6 Å². The van der Waals surface area contributed by atoms with Gasteiger partial charge >= 0.3 is 0 Å². The van der Waals surface area contributed by atoms with Crippen LogP contribution in [0, 0.1) is 6.92 Å². The molecule has 2 heterocycles. The summed E-state index contributed by atoms with van der Waals surface area (Å²) in [5.74, 6) is 3.24. The first kappa shape index (κ1) is 19.6. The molecule has 0 radical (unpaired) electrons. The number of hydrogen-bond donors (Lipinski definition) is 0. The third kappa shape index (κ3) is 4.71. The first-order chi connectivity index (χ1) is 15.1. The van der Waals surface area contributed by atoms with Gasteiger partial charge in [-0.3, -0.25) is 4.79 Å². The highest BCUT2D eigenvalue weighted by molar-refractivity contribution is 5.78. The molecule has 0 spiro atoms. The van der Waals surface area contributed by atoms with Crippen molar-refractivity contribution >= 4 is 5.91 Å². The molecule has 1 unspecified atom stereocenters. The number of nitrogens with zero attached hydrogens (tertiary/aromatic N) is 3. The van der Waals surface area contributed by atoms with Crippen LogP contribution in [-0.2, 0) is 4.79 Å². The maximum atomic E-state index is 12.5. The Labute approximate surface area is 181 Å². The molecule has 3 aromatic rings. The molecule has 5 rings (SSSR count). The lowest BCUT2D eigenvalue weighted by molar-refractivity contribution is -0.132. The molecule has 1 aliphatic heterocycles. The number of aryl methyl sites for hydroxylation is 1. The molecule has 1 saturated carbocycles. The average molecular weight is 419 g/mol. The van der Waals surface area contributed by atoms with Gasteiger partial charge in [0.1, 0.15) is 17.6 Å². The molecule has 2 aliphatic rings. The van der Waals surface area contributed by atoms with E-state index in [2.05, 4.69) is 10.1 Å². The van der Waals surface area contributed by atoms with Crippen molar-refractivity contribution in [2.75, 3.05) is 19.7 Å². The van der Waals surface area contributed by atoms with E-state index in [9.17, 15) is 4.79 Å². The van der Waals surface area contributed by atoms with Crippen molar-refractivity contribution in [1.82, 2.24) is 15.0 Å². The van der Waals surface area contributed by atoms with Crippen LogP contribution >= 0.6 is 0 Å². The number of aromatic nitrogens is 2. The molecule has 1 aliphatic carbocycles. The molecule has 7 heteroatoms. The molecule has 1 saturated heterocycles. The zero-order valence-corrected chi connectivity index (χ0v) is 17.5. The van der Waals surface area contributed by atoms with Gasteiger partial charge in [-0.1, -0.05) is 22.9 Å². The van der Waals surface area contributed by atoms with E-state index in [0.717, 1.165) is 42.0 Å². The van der Waals surface area contributed by atoms with E-state index in [1.54, 1.807) is 4.90 Å². The van der Waals surface area contributed by atoms with Crippen molar-refractivity contribution in [2.24, 2.45) is 0 Å². The number of hydrogen-bond acceptors (Lipinski definition) is 6. The molecule has 1 aromatic heterocycles. The number of amides is 1. The number of benzene rings is 2. The minimum atomic E-state index is -0.0270. The number of likely N-dealkylation sites (tertiary alicyclic amines) is 1. The second-order valence-corrected chi connectivity index (χ2v) is 8.22. The highest BCUT2D eigenvalue weighted by atomic mass is 16.5. The van der Waals surface area contributed by atoms with Crippen LogP contribution in [0.15, 0.2) is 53.1 Å². The summed E-state index contributed by atoms with van der Waals surface area (Å²) in [6, 6.07) is 15.4. The molecule has 7 nitrogen and oxygen atoms in total. The zero-order chi connectivity index (χ0) is 21.2. The van der Waals surface area contributed by atoms with E-state index < -0.39 is 0 Å². The van der Waals surface area contributed by atoms with Crippen molar-refractivity contribution in [3.63, 3.8) is 0 Å². The summed E-state index contributed by atoms with van der Waals surface area (Å²) >= 11 is 0. The minimum absolute atomic E-state index is 0.0226. The van der Waals surface area contributed by atoms with Crippen LogP contribution in [0.2, 0.25) is 0 Å². The summed E-state index contributed by atoms with van der Waals surface area (Å²) in [5, 5.41) is 4.07. The maximum absolute atomic E-state index is 12.5. The van der Waals surface area contributed by atoms with Crippen LogP contribution in [0.4, 0.5) is 0 Å². The van der Waals surface area contributed by atoms with Crippen LogP contribution in [0.25, 0.3) is 11.4 Å². The molecule has 31 heavy (non-hydrogen) atoms. The standard InChI is InChI=1S/C24H25N3O4/c1-16-2-8-19(9-3-16)29-15-22(28)27-13-12-21(14-27)30-20-10-6-17(7-11-20)23-25-24(31-26-23)18-4-5-18/h2-3,6-11,18,21H,4-5,12-15H2,1H3. The Morgan fingerprint density at radius 3 is 2.55 bits per heavy atom. The lowest BCUT2D eigenvalue weighted by Gasteiger charge is -2.17. The van der Waals surface area contributed by atoms with Crippen LogP contribution in [-0.4, -0.2) is 46.7 Å². The molecule has 1 amide bonds. The van der Waals surface area contributed by atoms with Crippen molar-refractivity contribution in [3.05, 3.63) is 60.0 Å². The van der Waals surface area contributed by atoms with Crippen molar-refractivity contribution < 1.29 is 18.8 Å². The van der Waals surface area contributed by atoms with Gasteiger partial charge in [0, 0.05) is 24.4 Å². The molecule has 1 atom stereocenters. The van der Waals surface area contributed by atoms with Crippen molar-refractivity contribution in [3.8, 4) is 22.9 Å². The van der Waals surface area contributed by atoms with Crippen LogP contribution < -0.4 is 9.47 Å². The molecule has 0 bridgehead atoms. The van der Waals surface area contributed by atoms with Gasteiger partial charge in [-0.25, -0.2) is 0 Å². The van der Waals surface area contributed by atoms with E-state index in [0.29, 0.717) is 30.6 Å². The monoisotopic (exact) mass is 419 g/mol. The predicted octanol–water partition coefficient (Wildman–Crippen LogP) is 3.98. The Kier molecular flexibility index (Phi) is 5.32. The highest BCUT2D eigenvalue weighted by Crippen LogP contribution is 2.39. The number of ether oxygens (including phenoxy) is 2. The number of carbonyl (C=O) groups excluding carboxylic acids is 1. The predicted molar refractivity (Wildman–Crippen MR) is 114 cm³/mol. The van der Waals surface area contributed by atoms with Crippen LogP contribution in [0.5, 0.6) is 11.5 Å². The van der Waals surface area contributed by atoms with E-state index in [1.165, 1.54) is 0 Å². The Bertz CT molecular complexity index is 1040. The highest BCUT2D eigenvalue weighted by Gasteiger charge is 2.30. The third-order valence-electron chi connectivity index (χ3n) is 5.66. The fourth-order valence-corrected chi connectivity index (χ4v) is 3.65. The third-order valence-corrected chi connectivity index (χ3v) is 5.66. The average Bonchev–Trinajstić information content (AvgIpc) is 3.33. The first-order valence-electron chi connectivity index (χ1n) is 10.7. The summed E-state index contributed by atoms with van der Waals surface area (Å²) in [4.78, 5) is 18.7. The smallest absolute Gasteiger partial charge is 0.260 e. The molecule has 0 N–H and O–H groups in total. The molecule has 2 fully saturated rings. The van der Waals surface area contributed by atoms with E-state index in [4.69, 9.17) is 14.0 Å². The largest absolute Gasteiger partial charge is 0.489 e. The van der Waals surface area contributed by atoms with Gasteiger partial charge in [0.05, 0.1) is 6.54 Å². The summed E-state index contributed by atoms with van der Waals surface area (Å²) in [6.45, 7) is 3.29. The van der Waals surface area contributed by atoms with Gasteiger partial charge in [0.15, 0.2) is 6.61 Å². The fourth-order valence-electron chi connectivity index (χ4n) is 3.65. The normalized spacial score (nSPS) is 18.2. The molecular formula is C24H25N3O4. The molecular weight excluding hydrogens is 394 g/mol. The Morgan fingerprint density at radius 1 is 1.06 bits per heavy atom. The topological polar surface area (TPSA) is 77.7 Å². The SMILES string of the molecule is Cc1ccc(OCC(=O)N2CCC(Oc3ccc(-c4noc(C5CC5)n4)cc3)C2)cc1. The summed E-state index contributed by atoms with van der Waals surface area (Å²) in [6.07, 6.45) is 3.04.